The van der Waals surface area contributed by atoms with E-state index in [0.29, 0.717) is 24.3 Å². The van der Waals surface area contributed by atoms with Crippen molar-refractivity contribution < 1.29 is 9.13 Å². The lowest BCUT2D eigenvalue weighted by Gasteiger charge is -2.05. The second-order valence-electron chi connectivity index (χ2n) is 4.99. The number of hydrogen-bond donors (Lipinski definition) is 1. The Morgan fingerprint density at radius 1 is 1.18 bits per heavy atom. The number of halogens is 1. The highest BCUT2D eigenvalue weighted by molar-refractivity contribution is 5.80. The first-order chi connectivity index (χ1) is 10.8. The van der Waals surface area contributed by atoms with Crippen LogP contribution in [0.1, 0.15) is 30.9 Å². The van der Waals surface area contributed by atoms with Gasteiger partial charge in [-0.05, 0) is 30.2 Å². The molecule has 2 aromatic carbocycles. The predicted octanol–water partition coefficient (Wildman–Crippen LogP) is 4.59. The molecule has 2 aromatic rings. The van der Waals surface area contributed by atoms with E-state index >= 15 is 0 Å². The van der Waals surface area contributed by atoms with E-state index in [4.69, 9.17) is 4.74 Å². The molecular formula is C18H21FN2O. The lowest BCUT2D eigenvalue weighted by atomic mass is 10.1. The summed E-state index contributed by atoms with van der Waals surface area (Å²) in [6.07, 6.45) is 3.67. The normalized spacial score (nSPS) is 11.0. The van der Waals surface area contributed by atoms with Gasteiger partial charge in [0.25, 0.3) is 0 Å². The third-order valence-corrected chi connectivity index (χ3v) is 3.16. The van der Waals surface area contributed by atoms with Crippen molar-refractivity contribution in [1.29, 1.82) is 0 Å². The van der Waals surface area contributed by atoms with Crippen LogP contribution in [-0.2, 0) is 11.3 Å². The average molecular weight is 300 g/mol. The molecule has 0 aliphatic carbocycles. The second kappa shape index (κ2) is 8.95. The molecule has 0 saturated carbocycles. The van der Waals surface area contributed by atoms with Crippen LogP contribution in [-0.4, -0.2) is 12.8 Å². The van der Waals surface area contributed by atoms with Crippen LogP contribution in [0, 0.1) is 5.82 Å². The Labute approximate surface area is 130 Å². The Morgan fingerprint density at radius 3 is 2.73 bits per heavy atom. The van der Waals surface area contributed by atoms with Crippen molar-refractivity contribution in [3.63, 3.8) is 0 Å². The van der Waals surface area contributed by atoms with Crippen LogP contribution in [0.3, 0.4) is 0 Å². The van der Waals surface area contributed by atoms with E-state index in [2.05, 4.69) is 17.5 Å². The highest BCUT2D eigenvalue weighted by atomic mass is 19.1. The number of rotatable bonds is 8. The maximum absolute atomic E-state index is 13.9. The SMILES string of the molecule is CCCCOCc1ccc(C=NNc2ccccc2)cc1F. The molecule has 116 valence electrons. The zero-order valence-electron chi connectivity index (χ0n) is 12.8. The standard InChI is InChI=1S/C18H21FN2O/c1-2-3-11-22-14-16-10-9-15(12-18(16)19)13-20-21-17-7-5-4-6-8-17/h4-10,12-13,21H,2-3,11,14H2,1H3. The first-order valence-corrected chi connectivity index (χ1v) is 7.50. The summed E-state index contributed by atoms with van der Waals surface area (Å²) in [6.45, 7) is 3.08. The van der Waals surface area contributed by atoms with Crippen LogP contribution in [0.4, 0.5) is 10.1 Å². The van der Waals surface area contributed by atoms with Gasteiger partial charge in [-0.3, -0.25) is 5.43 Å². The summed E-state index contributed by atoms with van der Waals surface area (Å²) in [4.78, 5) is 0. The lowest BCUT2D eigenvalue weighted by molar-refractivity contribution is 0.116. The fraction of sp³-hybridized carbons (Fsp3) is 0.278. The van der Waals surface area contributed by atoms with Crippen molar-refractivity contribution in [2.24, 2.45) is 5.10 Å². The van der Waals surface area contributed by atoms with Gasteiger partial charge in [-0.15, -0.1) is 0 Å². The molecule has 2 rings (SSSR count). The minimum Gasteiger partial charge on any atom is -0.377 e. The molecule has 0 fully saturated rings. The van der Waals surface area contributed by atoms with Crippen molar-refractivity contribution in [1.82, 2.24) is 0 Å². The number of ether oxygens (including phenoxy) is 1. The Morgan fingerprint density at radius 2 is 2.00 bits per heavy atom. The molecule has 3 nitrogen and oxygen atoms in total. The number of anilines is 1. The maximum atomic E-state index is 13.9. The number of nitrogens with one attached hydrogen (secondary N) is 1. The van der Waals surface area contributed by atoms with Gasteiger partial charge in [-0.2, -0.15) is 5.10 Å². The minimum absolute atomic E-state index is 0.264. The zero-order chi connectivity index (χ0) is 15.6. The molecule has 0 aromatic heterocycles. The summed E-state index contributed by atoms with van der Waals surface area (Å²) in [5.41, 5.74) is 5.07. The summed E-state index contributed by atoms with van der Waals surface area (Å²) >= 11 is 0. The van der Waals surface area contributed by atoms with Crippen LogP contribution in [0.5, 0.6) is 0 Å². The average Bonchev–Trinajstić information content (AvgIpc) is 2.54. The van der Waals surface area contributed by atoms with Gasteiger partial charge in [-0.25, -0.2) is 4.39 Å². The molecule has 0 saturated heterocycles. The van der Waals surface area contributed by atoms with Gasteiger partial charge in [-0.1, -0.05) is 43.7 Å². The quantitative estimate of drug-likeness (QED) is 0.439. The molecule has 22 heavy (non-hydrogen) atoms. The molecule has 1 N–H and O–H groups in total. The highest BCUT2D eigenvalue weighted by Gasteiger charge is 2.03. The fourth-order valence-electron chi connectivity index (χ4n) is 1.88. The van der Waals surface area contributed by atoms with Crippen LogP contribution >= 0.6 is 0 Å². The Hall–Kier alpha value is -2.20. The van der Waals surface area contributed by atoms with E-state index < -0.39 is 0 Å². The predicted molar refractivity (Wildman–Crippen MR) is 88.6 cm³/mol. The van der Waals surface area contributed by atoms with Crippen LogP contribution in [0.2, 0.25) is 0 Å². The van der Waals surface area contributed by atoms with E-state index in [9.17, 15) is 4.39 Å². The van der Waals surface area contributed by atoms with Gasteiger partial charge in [0.15, 0.2) is 0 Å². The first kappa shape index (κ1) is 16.2. The summed E-state index contributed by atoms with van der Waals surface area (Å²) in [6, 6.07) is 14.6. The molecule has 0 spiro atoms. The van der Waals surface area contributed by atoms with E-state index in [0.717, 1.165) is 18.5 Å². The van der Waals surface area contributed by atoms with E-state index in [-0.39, 0.29) is 5.82 Å². The zero-order valence-corrected chi connectivity index (χ0v) is 12.8. The van der Waals surface area contributed by atoms with Crippen LogP contribution in [0.15, 0.2) is 53.6 Å². The molecule has 4 heteroatoms. The molecule has 0 bridgehead atoms. The number of para-hydroxylation sites is 1. The molecule has 0 heterocycles. The Bertz CT molecular complexity index is 599. The van der Waals surface area contributed by atoms with Gasteiger partial charge < -0.3 is 4.74 Å². The van der Waals surface area contributed by atoms with E-state index in [1.165, 1.54) is 6.07 Å². The van der Waals surface area contributed by atoms with Gasteiger partial charge in [0, 0.05) is 12.2 Å². The van der Waals surface area contributed by atoms with E-state index in [1.54, 1.807) is 12.3 Å². The van der Waals surface area contributed by atoms with Crippen molar-refractivity contribution >= 4 is 11.9 Å². The summed E-state index contributed by atoms with van der Waals surface area (Å²) in [5.74, 6) is -0.264. The fourth-order valence-corrected chi connectivity index (χ4v) is 1.88. The van der Waals surface area contributed by atoms with Gasteiger partial charge in [0.2, 0.25) is 0 Å². The molecule has 0 atom stereocenters. The number of hydrogen-bond acceptors (Lipinski definition) is 3. The molecule has 0 unspecified atom stereocenters. The molecular weight excluding hydrogens is 279 g/mol. The first-order valence-electron chi connectivity index (χ1n) is 7.50. The largest absolute Gasteiger partial charge is 0.377 e. The van der Waals surface area contributed by atoms with Crippen LogP contribution < -0.4 is 5.43 Å². The van der Waals surface area contributed by atoms with Crippen molar-refractivity contribution in [3.05, 3.63) is 65.5 Å². The number of hydrazone groups is 1. The summed E-state index contributed by atoms with van der Waals surface area (Å²) in [5, 5.41) is 4.10. The smallest absolute Gasteiger partial charge is 0.129 e. The minimum atomic E-state index is -0.264. The van der Waals surface area contributed by atoms with E-state index in [1.807, 2.05) is 36.4 Å². The van der Waals surface area contributed by atoms with Crippen molar-refractivity contribution in [3.8, 4) is 0 Å². The Balaban J connectivity index is 1.88. The van der Waals surface area contributed by atoms with Gasteiger partial charge in [0.05, 0.1) is 18.5 Å². The van der Waals surface area contributed by atoms with Crippen molar-refractivity contribution in [2.45, 2.75) is 26.4 Å². The molecule has 0 aliphatic rings. The molecule has 0 radical (unpaired) electrons. The maximum Gasteiger partial charge on any atom is 0.129 e. The topological polar surface area (TPSA) is 33.6 Å². The van der Waals surface area contributed by atoms with Crippen LogP contribution in [0.25, 0.3) is 0 Å². The number of benzene rings is 2. The third kappa shape index (κ3) is 5.30. The molecule has 0 amide bonds. The molecule has 0 aliphatic heterocycles. The van der Waals surface area contributed by atoms with Crippen molar-refractivity contribution in [2.75, 3.05) is 12.0 Å². The summed E-state index contributed by atoms with van der Waals surface area (Å²) in [7, 11) is 0. The number of nitrogens with zero attached hydrogens (tertiary/aromatic N) is 1. The lowest BCUT2D eigenvalue weighted by Crippen LogP contribution is -1.99. The monoisotopic (exact) mass is 300 g/mol. The van der Waals surface area contributed by atoms with Gasteiger partial charge in [0.1, 0.15) is 5.82 Å². The Kier molecular flexibility index (Phi) is 6.58. The highest BCUT2D eigenvalue weighted by Crippen LogP contribution is 2.11. The second-order valence-corrected chi connectivity index (χ2v) is 4.99. The van der Waals surface area contributed by atoms with Gasteiger partial charge >= 0.3 is 0 Å². The number of unbranched alkanes of at least 4 members (excludes halogenated alkanes) is 1. The third-order valence-electron chi connectivity index (χ3n) is 3.16. The summed E-state index contributed by atoms with van der Waals surface area (Å²) < 4.78 is 19.4.